The number of unbranched alkanes of at least 4 members (excludes halogenated alkanes) is 1. The number of hydrogen-bond donors (Lipinski definition) is 0. The second-order valence-electron chi connectivity index (χ2n) is 8.70. The molecule has 3 aliphatic rings. The summed E-state index contributed by atoms with van der Waals surface area (Å²) in [5.74, 6) is 1.72. The van der Waals surface area contributed by atoms with E-state index in [-0.39, 0.29) is 17.0 Å². The first-order chi connectivity index (χ1) is 11.4. The van der Waals surface area contributed by atoms with E-state index < -0.39 is 21.4 Å². The molecule has 3 rings (SSSR count). The van der Waals surface area contributed by atoms with Gasteiger partial charge in [-0.3, -0.25) is 0 Å². The zero-order chi connectivity index (χ0) is 17.5. The number of fused-ring (bicyclic) bond motifs is 1. The molecule has 0 radical (unpaired) electrons. The van der Waals surface area contributed by atoms with Gasteiger partial charge in [-0.2, -0.15) is 0 Å². The van der Waals surface area contributed by atoms with Crippen molar-refractivity contribution >= 4 is 0 Å². The number of halogens is 1. The van der Waals surface area contributed by atoms with Crippen molar-refractivity contribution in [3.8, 4) is 0 Å². The average Bonchev–Trinajstić information content (AvgIpc) is 3.05. The van der Waals surface area contributed by atoms with Crippen molar-refractivity contribution in [1.82, 2.24) is 0 Å². The molecule has 0 aromatic heterocycles. The molecule has 0 N–H and O–H groups in total. The van der Waals surface area contributed by atoms with Crippen molar-refractivity contribution in [1.29, 1.82) is 0 Å². The second-order valence-corrected chi connectivity index (χ2v) is 18.7. The first-order valence-corrected chi connectivity index (χ1v) is 16.4. The molecule has 3 aliphatic carbocycles. The van der Waals surface area contributed by atoms with Crippen LogP contribution in [-0.4, -0.2) is 0 Å². The SMILES string of the molecule is CCC[CH2][Hf+]([C]1=C(C)C(C)=C(C)C1(C)C)[CH]1CCC2C=CC=CC21.[Br-]. The van der Waals surface area contributed by atoms with E-state index in [0.29, 0.717) is 5.41 Å². The van der Waals surface area contributed by atoms with Gasteiger partial charge in [-0.25, -0.2) is 0 Å². The fourth-order valence-electron chi connectivity index (χ4n) is 5.46. The molecular formula is C23H35BrHf. The monoisotopic (exact) mass is 570 g/mol. The molecule has 138 valence electrons. The second kappa shape index (κ2) is 8.55. The van der Waals surface area contributed by atoms with Gasteiger partial charge in [0.1, 0.15) is 0 Å². The molecule has 0 spiro atoms. The maximum absolute atomic E-state index is 2.57. The first kappa shape index (κ1) is 21.6. The van der Waals surface area contributed by atoms with Gasteiger partial charge in [0.2, 0.25) is 0 Å². The predicted molar refractivity (Wildman–Crippen MR) is 103 cm³/mol. The van der Waals surface area contributed by atoms with Crippen LogP contribution >= 0.6 is 0 Å². The molecule has 3 atom stereocenters. The van der Waals surface area contributed by atoms with Crippen LogP contribution in [0, 0.1) is 17.3 Å². The maximum Gasteiger partial charge on any atom is -1.00 e. The molecule has 0 amide bonds. The number of rotatable bonds is 5. The van der Waals surface area contributed by atoms with Gasteiger partial charge in [0.25, 0.3) is 0 Å². The third kappa shape index (κ3) is 3.82. The molecule has 1 saturated carbocycles. The number of hydrogen-bond acceptors (Lipinski definition) is 0. The van der Waals surface area contributed by atoms with Crippen molar-refractivity contribution in [2.24, 2.45) is 17.3 Å². The zero-order valence-corrected chi connectivity index (χ0v) is 22.1. The Kier molecular flexibility index (Phi) is 7.39. The summed E-state index contributed by atoms with van der Waals surface area (Å²) in [7, 11) is 0. The van der Waals surface area contributed by atoms with Crippen LogP contribution in [0.25, 0.3) is 0 Å². The van der Waals surface area contributed by atoms with E-state index in [1.165, 1.54) is 25.7 Å². The van der Waals surface area contributed by atoms with Gasteiger partial charge in [0.15, 0.2) is 0 Å². The average molecular weight is 570 g/mol. The predicted octanol–water partition coefficient (Wildman–Crippen LogP) is 4.42. The van der Waals surface area contributed by atoms with Crippen molar-refractivity contribution in [2.75, 3.05) is 0 Å². The zero-order valence-electron chi connectivity index (χ0n) is 17.0. The molecule has 25 heavy (non-hydrogen) atoms. The minimum atomic E-state index is -1.87. The molecular weight excluding hydrogens is 535 g/mol. The Balaban J connectivity index is 0.00000225. The van der Waals surface area contributed by atoms with Gasteiger partial charge in [-0.1, -0.05) is 0 Å². The summed E-state index contributed by atoms with van der Waals surface area (Å²) in [6.45, 7) is 14.6. The molecule has 0 nitrogen and oxygen atoms in total. The number of allylic oxidation sites excluding steroid dienone is 8. The Hall–Kier alpha value is 0.310. The summed E-state index contributed by atoms with van der Waals surface area (Å²) in [6, 6.07) is 0. The summed E-state index contributed by atoms with van der Waals surface area (Å²) >= 11 is -1.87. The van der Waals surface area contributed by atoms with Crippen LogP contribution < -0.4 is 17.0 Å². The molecule has 0 aromatic carbocycles. The normalized spacial score (nSPS) is 29.9. The van der Waals surface area contributed by atoms with E-state index in [0.717, 1.165) is 15.5 Å². The summed E-state index contributed by atoms with van der Waals surface area (Å²) < 4.78 is 4.63. The summed E-state index contributed by atoms with van der Waals surface area (Å²) in [5.41, 5.74) is 5.32. The van der Waals surface area contributed by atoms with Crippen molar-refractivity contribution < 1.29 is 38.4 Å². The fraction of sp³-hybridized carbons (Fsp3) is 0.652. The minimum Gasteiger partial charge on any atom is -1.00 e. The molecule has 0 aliphatic heterocycles. The Labute approximate surface area is 174 Å². The van der Waals surface area contributed by atoms with Gasteiger partial charge in [-0.15, -0.1) is 0 Å². The van der Waals surface area contributed by atoms with E-state index in [1.807, 2.05) is 3.33 Å². The Morgan fingerprint density at radius 3 is 2.32 bits per heavy atom. The molecule has 0 heterocycles. The van der Waals surface area contributed by atoms with Gasteiger partial charge < -0.3 is 17.0 Å². The molecule has 0 saturated heterocycles. The quantitative estimate of drug-likeness (QED) is 0.430. The topological polar surface area (TPSA) is 0 Å². The molecule has 3 unspecified atom stereocenters. The van der Waals surface area contributed by atoms with Gasteiger partial charge in [0.05, 0.1) is 0 Å². The van der Waals surface area contributed by atoms with Crippen molar-refractivity contribution in [3.05, 3.63) is 44.4 Å². The third-order valence-electron chi connectivity index (χ3n) is 7.20. The van der Waals surface area contributed by atoms with E-state index >= 15 is 0 Å². The van der Waals surface area contributed by atoms with Crippen LogP contribution in [0.4, 0.5) is 0 Å². The van der Waals surface area contributed by atoms with Crippen LogP contribution in [0.15, 0.2) is 44.4 Å². The molecule has 1 fully saturated rings. The van der Waals surface area contributed by atoms with Crippen molar-refractivity contribution in [3.63, 3.8) is 0 Å². The minimum absolute atomic E-state index is 0. The van der Waals surface area contributed by atoms with E-state index in [1.54, 1.807) is 20.9 Å². The van der Waals surface area contributed by atoms with Gasteiger partial charge in [0, 0.05) is 0 Å². The van der Waals surface area contributed by atoms with Crippen LogP contribution in [0.2, 0.25) is 7.85 Å². The van der Waals surface area contributed by atoms with Crippen LogP contribution in [0.5, 0.6) is 0 Å². The Bertz CT molecular complexity index is 620. The molecule has 2 heteroatoms. The van der Waals surface area contributed by atoms with Crippen LogP contribution in [-0.2, 0) is 21.4 Å². The largest absolute Gasteiger partial charge is 1.00 e. The Morgan fingerprint density at radius 2 is 1.72 bits per heavy atom. The Morgan fingerprint density at radius 1 is 1.04 bits per heavy atom. The van der Waals surface area contributed by atoms with Crippen LogP contribution in [0.1, 0.15) is 67.2 Å². The van der Waals surface area contributed by atoms with E-state index in [2.05, 4.69) is 65.8 Å². The third-order valence-corrected chi connectivity index (χ3v) is 21.9. The smallest absolute Gasteiger partial charge is 1.00 e. The van der Waals surface area contributed by atoms with E-state index in [4.69, 9.17) is 0 Å². The molecule has 0 bridgehead atoms. The first-order valence-electron chi connectivity index (χ1n) is 10.00. The standard InChI is InChI=1S/C10H15.C9H11.C4H9.BrH.Hf/c1-7-6-10(4,5)9(3)8(7)2;1-2-5-9-7-3-6-8(9)4-1;1-3-4-2;;/h1-5H3;1-2,4-6,8-9H,3,7H2;1,3-4H2,2H3;1H;/q;;;;+1/p-1. The fourth-order valence-corrected chi connectivity index (χ4v) is 22.4. The summed E-state index contributed by atoms with van der Waals surface area (Å²) in [4.78, 5) is 0. The van der Waals surface area contributed by atoms with Gasteiger partial charge in [-0.05, 0) is 0 Å². The van der Waals surface area contributed by atoms with Crippen molar-refractivity contribution in [2.45, 2.75) is 75.1 Å². The summed E-state index contributed by atoms with van der Waals surface area (Å²) in [6.07, 6.45) is 15.5. The maximum atomic E-state index is 2.57. The van der Waals surface area contributed by atoms with E-state index in [9.17, 15) is 0 Å². The van der Waals surface area contributed by atoms with Gasteiger partial charge >= 0.3 is 158 Å². The van der Waals surface area contributed by atoms with Crippen LogP contribution in [0.3, 0.4) is 0 Å². The molecule has 0 aromatic rings. The summed E-state index contributed by atoms with van der Waals surface area (Å²) in [5, 5.41) is 0.